The molecule has 0 fully saturated rings. The van der Waals surface area contributed by atoms with E-state index in [9.17, 15) is 30.8 Å². The Kier molecular flexibility index (Phi) is 6.68. The molecule has 3 rings (SSSR count). The zero-order chi connectivity index (χ0) is 23.4. The van der Waals surface area contributed by atoms with Crippen LogP contribution in [-0.4, -0.2) is 27.1 Å². The molecule has 0 saturated heterocycles. The maximum absolute atomic E-state index is 13.8. The largest absolute Gasteiger partial charge is 0.484 e. The molecule has 3 aromatic rings. The Hall–Kier alpha value is -3.60. The Labute approximate surface area is 180 Å². The fourth-order valence-electron chi connectivity index (χ4n) is 2.56. The van der Waals surface area contributed by atoms with Crippen LogP contribution in [0, 0.1) is 5.82 Å². The average Bonchev–Trinajstić information content (AvgIpc) is 2.74. The zero-order valence-electron chi connectivity index (χ0n) is 16.2. The molecule has 11 heteroatoms. The van der Waals surface area contributed by atoms with E-state index in [2.05, 4.69) is 14.8 Å². The van der Waals surface area contributed by atoms with Crippen molar-refractivity contribution < 1.29 is 35.5 Å². The molecule has 1 amide bonds. The van der Waals surface area contributed by atoms with Gasteiger partial charge in [0, 0.05) is 11.3 Å². The molecule has 6 nitrogen and oxygen atoms in total. The van der Waals surface area contributed by atoms with Gasteiger partial charge >= 0.3 is 6.18 Å². The third-order valence-corrected chi connectivity index (χ3v) is 5.40. The van der Waals surface area contributed by atoms with Crippen molar-refractivity contribution in [3.05, 3.63) is 84.2 Å². The van der Waals surface area contributed by atoms with Crippen molar-refractivity contribution in [3.8, 4) is 5.75 Å². The zero-order valence-corrected chi connectivity index (χ0v) is 17.0. The van der Waals surface area contributed by atoms with Crippen molar-refractivity contribution in [1.29, 1.82) is 0 Å². The Morgan fingerprint density at radius 3 is 2.28 bits per heavy atom. The minimum absolute atomic E-state index is 0.00111. The first-order valence-electron chi connectivity index (χ1n) is 9.02. The maximum atomic E-state index is 13.8. The number of benzene rings is 3. The third kappa shape index (κ3) is 6.20. The minimum Gasteiger partial charge on any atom is -0.484 e. The molecule has 2 N–H and O–H groups in total. The normalized spacial score (nSPS) is 11.6. The summed E-state index contributed by atoms with van der Waals surface area (Å²) >= 11 is 0. The number of halogens is 4. The number of hydrogen-bond donors (Lipinski definition) is 2. The summed E-state index contributed by atoms with van der Waals surface area (Å²) in [5.41, 5.74) is 0.0149. The van der Waals surface area contributed by atoms with E-state index in [0.29, 0.717) is 0 Å². The van der Waals surface area contributed by atoms with Crippen molar-refractivity contribution in [1.82, 2.24) is 0 Å². The molecule has 0 spiro atoms. The topological polar surface area (TPSA) is 84.5 Å². The van der Waals surface area contributed by atoms with Crippen LogP contribution in [-0.2, 0) is 10.0 Å². The van der Waals surface area contributed by atoms with Crippen LogP contribution in [0.25, 0.3) is 0 Å². The van der Waals surface area contributed by atoms with Gasteiger partial charge in [0.25, 0.3) is 15.9 Å². The van der Waals surface area contributed by atoms with Gasteiger partial charge in [0.15, 0.2) is 6.61 Å². The molecular weight excluding hydrogens is 452 g/mol. The van der Waals surface area contributed by atoms with Crippen molar-refractivity contribution in [2.75, 3.05) is 16.6 Å². The Morgan fingerprint density at radius 2 is 1.62 bits per heavy atom. The van der Waals surface area contributed by atoms with Crippen molar-refractivity contribution in [2.45, 2.75) is 11.1 Å². The molecule has 0 radical (unpaired) electrons. The Balaban J connectivity index is 1.70. The van der Waals surface area contributed by atoms with Crippen LogP contribution in [0.4, 0.5) is 28.9 Å². The van der Waals surface area contributed by atoms with Crippen LogP contribution in [0.1, 0.15) is 10.4 Å². The molecule has 0 saturated carbocycles. The van der Waals surface area contributed by atoms with E-state index in [1.807, 2.05) is 0 Å². The van der Waals surface area contributed by atoms with Crippen LogP contribution < -0.4 is 14.8 Å². The van der Waals surface area contributed by atoms with E-state index >= 15 is 0 Å². The molecule has 168 valence electrons. The van der Waals surface area contributed by atoms with E-state index in [-0.39, 0.29) is 27.6 Å². The lowest BCUT2D eigenvalue weighted by atomic mass is 10.2. The van der Waals surface area contributed by atoms with Gasteiger partial charge in [-0.1, -0.05) is 18.2 Å². The Morgan fingerprint density at radius 1 is 0.938 bits per heavy atom. The van der Waals surface area contributed by atoms with Gasteiger partial charge in [-0.3, -0.25) is 9.52 Å². The second-order valence-electron chi connectivity index (χ2n) is 6.50. The number of sulfonamides is 1. The number of rotatable bonds is 7. The van der Waals surface area contributed by atoms with Gasteiger partial charge in [-0.05, 0) is 54.6 Å². The van der Waals surface area contributed by atoms with Gasteiger partial charge in [0.1, 0.15) is 11.6 Å². The molecular formula is C21H16F4N2O4S. The van der Waals surface area contributed by atoms with E-state index < -0.39 is 34.5 Å². The molecule has 0 aromatic heterocycles. The monoisotopic (exact) mass is 468 g/mol. The number of carbonyl (C=O) groups excluding carboxylic acids is 1. The van der Waals surface area contributed by atoms with Crippen molar-refractivity contribution in [2.24, 2.45) is 0 Å². The van der Waals surface area contributed by atoms with Gasteiger partial charge in [0.05, 0.1) is 10.6 Å². The molecule has 0 atom stereocenters. The van der Waals surface area contributed by atoms with Crippen LogP contribution in [0.3, 0.4) is 0 Å². The van der Waals surface area contributed by atoms with Gasteiger partial charge in [-0.15, -0.1) is 0 Å². The highest BCUT2D eigenvalue weighted by molar-refractivity contribution is 7.92. The lowest BCUT2D eigenvalue weighted by Gasteiger charge is -2.11. The minimum atomic E-state index is -4.47. The number of para-hydroxylation sites is 1. The number of carbonyl (C=O) groups is 1. The van der Waals surface area contributed by atoms with E-state index in [4.69, 9.17) is 0 Å². The quantitative estimate of drug-likeness (QED) is 0.487. The summed E-state index contributed by atoms with van der Waals surface area (Å²) in [6.45, 7) is -1.44. The first kappa shape index (κ1) is 23.1. The number of alkyl halides is 3. The average molecular weight is 468 g/mol. The molecule has 0 aliphatic carbocycles. The first-order valence-corrected chi connectivity index (χ1v) is 10.5. The third-order valence-electron chi connectivity index (χ3n) is 4.04. The SMILES string of the molecule is O=C(Nc1ccc(OCC(F)(F)F)cc1)c1cccc(S(=O)(=O)Nc2ccccc2F)c1. The molecule has 0 aliphatic rings. The summed E-state index contributed by atoms with van der Waals surface area (Å²) in [5, 5.41) is 2.50. The number of amides is 1. The molecule has 3 aromatic carbocycles. The number of anilines is 2. The number of hydrogen-bond acceptors (Lipinski definition) is 4. The smallest absolute Gasteiger partial charge is 0.422 e. The molecule has 0 unspecified atom stereocenters. The lowest BCUT2D eigenvalue weighted by molar-refractivity contribution is -0.153. The highest BCUT2D eigenvalue weighted by Crippen LogP contribution is 2.22. The van der Waals surface area contributed by atoms with E-state index in [0.717, 1.165) is 12.1 Å². The summed E-state index contributed by atoms with van der Waals surface area (Å²) < 4.78 is 82.1. The predicted octanol–water partition coefficient (Wildman–Crippen LogP) is 4.82. The fourth-order valence-corrected chi connectivity index (χ4v) is 3.67. The summed E-state index contributed by atoms with van der Waals surface area (Å²) in [4.78, 5) is 12.2. The predicted molar refractivity (Wildman–Crippen MR) is 110 cm³/mol. The first-order chi connectivity index (χ1) is 15.0. The summed E-state index contributed by atoms with van der Waals surface area (Å²) in [6.07, 6.45) is -4.47. The molecule has 32 heavy (non-hydrogen) atoms. The van der Waals surface area contributed by atoms with Crippen LogP contribution in [0.2, 0.25) is 0 Å². The van der Waals surface area contributed by atoms with Crippen LogP contribution in [0.5, 0.6) is 5.75 Å². The van der Waals surface area contributed by atoms with Crippen molar-refractivity contribution in [3.63, 3.8) is 0 Å². The lowest BCUT2D eigenvalue weighted by Crippen LogP contribution is -2.19. The Bertz CT molecular complexity index is 1210. The standard InChI is InChI=1S/C21H16F4N2O4S/c22-18-6-1-2-7-19(18)27-32(29,30)17-5-3-4-14(12-17)20(28)26-15-8-10-16(11-9-15)31-13-21(23,24)25/h1-12,27H,13H2,(H,26,28). The number of nitrogens with one attached hydrogen (secondary N) is 2. The summed E-state index contributed by atoms with van der Waals surface area (Å²) in [6, 6.07) is 15.5. The second-order valence-corrected chi connectivity index (χ2v) is 8.18. The molecule has 0 aliphatic heterocycles. The van der Waals surface area contributed by atoms with Gasteiger partial charge in [0.2, 0.25) is 0 Å². The molecule has 0 bridgehead atoms. The maximum Gasteiger partial charge on any atom is 0.422 e. The highest BCUT2D eigenvalue weighted by Gasteiger charge is 2.28. The van der Waals surface area contributed by atoms with Crippen LogP contribution in [0.15, 0.2) is 77.7 Å². The fraction of sp³-hybridized carbons (Fsp3) is 0.0952. The summed E-state index contributed by atoms with van der Waals surface area (Å²) in [5.74, 6) is -1.45. The van der Waals surface area contributed by atoms with E-state index in [1.165, 1.54) is 60.7 Å². The van der Waals surface area contributed by atoms with Crippen LogP contribution >= 0.6 is 0 Å². The van der Waals surface area contributed by atoms with Gasteiger partial charge < -0.3 is 10.1 Å². The number of ether oxygens (including phenoxy) is 1. The summed E-state index contributed by atoms with van der Waals surface area (Å²) in [7, 11) is -4.17. The van der Waals surface area contributed by atoms with Gasteiger partial charge in [-0.2, -0.15) is 13.2 Å². The molecule has 0 heterocycles. The highest BCUT2D eigenvalue weighted by atomic mass is 32.2. The van der Waals surface area contributed by atoms with E-state index in [1.54, 1.807) is 0 Å². The van der Waals surface area contributed by atoms with Crippen molar-refractivity contribution >= 4 is 27.3 Å². The second kappa shape index (κ2) is 9.27. The van der Waals surface area contributed by atoms with Gasteiger partial charge in [-0.25, -0.2) is 12.8 Å².